The van der Waals surface area contributed by atoms with Gasteiger partial charge >= 0.3 is 0 Å². The lowest BCUT2D eigenvalue weighted by Crippen LogP contribution is -2.48. The normalized spacial score (nSPS) is 18.1. The number of para-hydroxylation sites is 1. The number of carbonyl (C=O) groups is 2. The Morgan fingerprint density at radius 1 is 1.00 bits per heavy atom. The topological polar surface area (TPSA) is 74.7 Å². The van der Waals surface area contributed by atoms with Crippen molar-refractivity contribution >= 4 is 29.0 Å². The summed E-state index contributed by atoms with van der Waals surface area (Å²) in [6, 6.07) is 15.6. The highest BCUT2D eigenvalue weighted by Gasteiger charge is 2.42. The minimum absolute atomic E-state index is 0.0351. The summed E-state index contributed by atoms with van der Waals surface area (Å²) in [7, 11) is 1.72. The molecule has 0 saturated carbocycles. The van der Waals surface area contributed by atoms with E-state index >= 15 is 0 Å². The molecule has 3 aliphatic rings. The van der Waals surface area contributed by atoms with Gasteiger partial charge in [-0.3, -0.25) is 19.0 Å². The molecule has 1 N–H and O–H groups in total. The molecule has 6 rings (SSSR count). The molecule has 0 aliphatic carbocycles. The van der Waals surface area contributed by atoms with E-state index < -0.39 is 0 Å². The summed E-state index contributed by atoms with van der Waals surface area (Å²) >= 11 is 0. The Morgan fingerprint density at radius 3 is 2.58 bits per heavy atom. The van der Waals surface area contributed by atoms with E-state index in [4.69, 9.17) is 0 Å². The fourth-order valence-electron chi connectivity index (χ4n) is 6.05. The highest BCUT2D eigenvalue weighted by molar-refractivity contribution is 6.07. The summed E-state index contributed by atoms with van der Waals surface area (Å²) in [5.74, 6) is 0.145. The predicted octanol–water partition coefficient (Wildman–Crippen LogP) is 3.61. The molecule has 3 aromatic rings. The molecule has 1 aromatic heterocycles. The minimum Gasteiger partial charge on any atom is -0.358 e. The Kier molecular flexibility index (Phi) is 5.21. The molecule has 1 fully saturated rings. The molecule has 1 spiro atoms. The molecule has 2 amide bonds. The first-order valence-electron chi connectivity index (χ1n) is 12.3. The van der Waals surface area contributed by atoms with Crippen LogP contribution in [-0.2, 0) is 23.7 Å². The van der Waals surface area contributed by atoms with Crippen molar-refractivity contribution in [3.8, 4) is 0 Å². The number of halogens is 1. The smallest absolute Gasteiger partial charge is 0.258 e. The number of rotatable bonds is 2. The number of amides is 2. The van der Waals surface area contributed by atoms with E-state index in [2.05, 4.69) is 16.3 Å². The first kappa shape index (κ1) is 22.5. The SMILES string of the molecule is Cn1c(N2CCC3(CC2)CC(=O)Nc2ccccc23)cc(C(=O)N2CCc3cc(F)ccc32)cc1=O. The average Bonchev–Trinajstić information content (AvgIpc) is 3.28. The van der Waals surface area contributed by atoms with Crippen LogP contribution >= 0.6 is 0 Å². The van der Waals surface area contributed by atoms with Crippen LogP contribution in [0.1, 0.15) is 40.7 Å². The summed E-state index contributed by atoms with van der Waals surface area (Å²) in [5.41, 5.74) is 3.39. The Balaban J connectivity index is 1.28. The van der Waals surface area contributed by atoms with E-state index in [-0.39, 0.29) is 28.6 Å². The van der Waals surface area contributed by atoms with Crippen molar-refractivity contribution in [1.29, 1.82) is 0 Å². The Hall–Kier alpha value is -3.94. The number of nitrogens with zero attached hydrogens (tertiary/aromatic N) is 3. The van der Waals surface area contributed by atoms with Gasteiger partial charge in [-0.05, 0) is 60.7 Å². The zero-order valence-electron chi connectivity index (χ0n) is 20.1. The second-order valence-electron chi connectivity index (χ2n) is 10.0. The van der Waals surface area contributed by atoms with Gasteiger partial charge in [-0.25, -0.2) is 4.39 Å². The third-order valence-electron chi connectivity index (χ3n) is 7.98. The van der Waals surface area contributed by atoms with Crippen molar-refractivity contribution in [2.24, 2.45) is 7.05 Å². The Labute approximate surface area is 208 Å². The number of benzene rings is 2. The van der Waals surface area contributed by atoms with Crippen LogP contribution < -0.4 is 20.7 Å². The number of anilines is 3. The van der Waals surface area contributed by atoms with Crippen LogP contribution in [0.15, 0.2) is 59.4 Å². The maximum atomic E-state index is 13.6. The standard InChI is InChI=1S/C28H27FN4O3/c1-31-25(32-12-9-28(10-13-32)17-24(34)30-22-5-3-2-4-21(22)28)15-19(16-26(31)35)27(36)33-11-8-18-14-20(29)6-7-23(18)33/h2-7,14-16H,8-13,17H2,1H3,(H,30,34). The molecule has 7 nitrogen and oxygen atoms in total. The molecule has 0 bridgehead atoms. The number of piperidine rings is 1. The number of pyridine rings is 1. The maximum absolute atomic E-state index is 13.6. The molecule has 8 heteroatoms. The zero-order valence-corrected chi connectivity index (χ0v) is 20.1. The van der Waals surface area contributed by atoms with E-state index in [0.717, 1.165) is 24.1 Å². The lowest BCUT2D eigenvalue weighted by molar-refractivity contribution is -0.118. The lowest BCUT2D eigenvalue weighted by Gasteiger charge is -2.45. The lowest BCUT2D eigenvalue weighted by atomic mass is 9.68. The Morgan fingerprint density at radius 2 is 1.78 bits per heavy atom. The minimum atomic E-state index is -0.320. The summed E-state index contributed by atoms with van der Waals surface area (Å²) in [6.07, 6.45) is 2.58. The van der Waals surface area contributed by atoms with Gasteiger partial charge in [0.1, 0.15) is 11.6 Å². The van der Waals surface area contributed by atoms with E-state index in [9.17, 15) is 18.8 Å². The van der Waals surface area contributed by atoms with Crippen molar-refractivity contribution < 1.29 is 14.0 Å². The highest BCUT2D eigenvalue weighted by Crippen LogP contribution is 2.45. The maximum Gasteiger partial charge on any atom is 0.258 e. The van der Waals surface area contributed by atoms with Gasteiger partial charge in [-0.15, -0.1) is 0 Å². The molecule has 0 radical (unpaired) electrons. The monoisotopic (exact) mass is 486 g/mol. The number of fused-ring (bicyclic) bond motifs is 3. The van der Waals surface area contributed by atoms with Crippen molar-refractivity contribution in [2.45, 2.75) is 31.1 Å². The van der Waals surface area contributed by atoms with Gasteiger partial charge in [0, 0.05) is 61.5 Å². The van der Waals surface area contributed by atoms with E-state index in [1.165, 1.54) is 23.8 Å². The number of aromatic nitrogens is 1. The van der Waals surface area contributed by atoms with Crippen molar-refractivity contribution in [3.05, 3.63) is 87.5 Å². The molecular formula is C28H27FN4O3. The fraction of sp³-hybridized carbons (Fsp3) is 0.321. The first-order valence-corrected chi connectivity index (χ1v) is 12.3. The van der Waals surface area contributed by atoms with Crippen molar-refractivity contribution in [2.75, 3.05) is 34.8 Å². The molecule has 36 heavy (non-hydrogen) atoms. The number of carbonyl (C=O) groups excluding carboxylic acids is 2. The van der Waals surface area contributed by atoms with Crippen molar-refractivity contribution in [1.82, 2.24) is 4.57 Å². The third-order valence-corrected chi connectivity index (χ3v) is 7.98. The molecule has 2 aromatic carbocycles. The molecule has 4 heterocycles. The quantitative estimate of drug-likeness (QED) is 0.601. The Bertz CT molecular complexity index is 1460. The summed E-state index contributed by atoms with van der Waals surface area (Å²) in [6.45, 7) is 1.78. The highest BCUT2D eigenvalue weighted by atomic mass is 19.1. The zero-order chi connectivity index (χ0) is 25.0. The molecule has 184 valence electrons. The second-order valence-corrected chi connectivity index (χ2v) is 10.0. The van der Waals surface area contributed by atoms with Gasteiger partial charge < -0.3 is 15.1 Å². The van der Waals surface area contributed by atoms with Crippen LogP contribution in [0.25, 0.3) is 0 Å². The molecule has 0 atom stereocenters. The first-order chi connectivity index (χ1) is 17.3. The van der Waals surface area contributed by atoms with Gasteiger partial charge in [-0.1, -0.05) is 18.2 Å². The molecule has 1 saturated heterocycles. The van der Waals surface area contributed by atoms with Gasteiger partial charge in [-0.2, -0.15) is 0 Å². The van der Waals surface area contributed by atoms with Gasteiger partial charge in [0.15, 0.2) is 0 Å². The summed E-state index contributed by atoms with van der Waals surface area (Å²) in [5, 5.41) is 2.99. The average molecular weight is 487 g/mol. The van der Waals surface area contributed by atoms with Crippen LogP contribution in [0.3, 0.4) is 0 Å². The van der Waals surface area contributed by atoms with Gasteiger partial charge in [0.05, 0.1) is 0 Å². The van der Waals surface area contributed by atoms with E-state index in [0.29, 0.717) is 49.5 Å². The molecule has 3 aliphatic heterocycles. The molecular weight excluding hydrogens is 459 g/mol. The molecule has 0 unspecified atom stereocenters. The number of nitrogens with one attached hydrogen (secondary N) is 1. The second kappa shape index (κ2) is 8.33. The van der Waals surface area contributed by atoms with Crippen LogP contribution in [-0.4, -0.2) is 36.0 Å². The predicted molar refractivity (Wildman–Crippen MR) is 136 cm³/mol. The third kappa shape index (κ3) is 3.59. The number of hydrogen-bond donors (Lipinski definition) is 1. The van der Waals surface area contributed by atoms with Crippen molar-refractivity contribution in [3.63, 3.8) is 0 Å². The van der Waals surface area contributed by atoms with Crippen LogP contribution in [0.4, 0.5) is 21.6 Å². The van der Waals surface area contributed by atoms with E-state index in [1.54, 1.807) is 28.6 Å². The van der Waals surface area contributed by atoms with Gasteiger partial charge in [0.2, 0.25) is 5.91 Å². The van der Waals surface area contributed by atoms with Crippen LogP contribution in [0.5, 0.6) is 0 Å². The summed E-state index contributed by atoms with van der Waals surface area (Å²) < 4.78 is 15.2. The van der Waals surface area contributed by atoms with E-state index in [1.807, 2.05) is 18.2 Å². The summed E-state index contributed by atoms with van der Waals surface area (Å²) in [4.78, 5) is 42.5. The van der Waals surface area contributed by atoms with Crippen LogP contribution in [0.2, 0.25) is 0 Å². The van der Waals surface area contributed by atoms with Crippen LogP contribution in [0, 0.1) is 5.82 Å². The fourth-order valence-corrected chi connectivity index (χ4v) is 6.05. The van der Waals surface area contributed by atoms with Gasteiger partial charge in [0.25, 0.3) is 11.5 Å². The largest absolute Gasteiger partial charge is 0.358 e. The number of hydrogen-bond acceptors (Lipinski definition) is 4.